The maximum absolute atomic E-state index is 13.1. The predicted octanol–water partition coefficient (Wildman–Crippen LogP) is 3.33. The number of carbonyl (C=O) groups excluding carboxylic acids is 1. The topological polar surface area (TPSA) is 54.3 Å². The minimum Gasteiger partial charge on any atom is -0.340 e. The molecular weight excluding hydrogens is 326 g/mol. The molecule has 2 saturated heterocycles. The molecule has 0 radical (unpaired) electrons. The number of carbonyl (C=O) groups is 1. The van der Waals surface area contributed by atoms with Gasteiger partial charge in [-0.05, 0) is 55.8 Å². The van der Waals surface area contributed by atoms with Gasteiger partial charge in [-0.1, -0.05) is 20.8 Å². The highest BCUT2D eigenvalue weighted by Crippen LogP contribution is 2.50. The van der Waals surface area contributed by atoms with Crippen molar-refractivity contribution in [1.82, 2.24) is 19.7 Å². The predicted molar refractivity (Wildman–Crippen MR) is 102 cm³/mol. The first-order valence-corrected chi connectivity index (χ1v) is 10.5. The Hall–Kier alpha value is -1.59. The molecule has 1 aromatic rings. The van der Waals surface area contributed by atoms with Gasteiger partial charge in [0.25, 0.3) is 5.91 Å². The van der Waals surface area contributed by atoms with Gasteiger partial charge in [0.05, 0.1) is 0 Å². The maximum Gasteiger partial charge on any atom is 0.291 e. The molecule has 0 aromatic carbocycles. The molecule has 1 aromatic heterocycles. The molecule has 6 nitrogen and oxygen atoms in total. The van der Waals surface area contributed by atoms with Crippen molar-refractivity contribution in [2.45, 2.75) is 72.3 Å². The Morgan fingerprint density at radius 3 is 2.35 bits per heavy atom. The maximum atomic E-state index is 13.1. The van der Waals surface area contributed by atoms with Crippen LogP contribution < -0.4 is 4.90 Å². The van der Waals surface area contributed by atoms with Crippen LogP contribution in [0.2, 0.25) is 0 Å². The van der Waals surface area contributed by atoms with Crippen LogP contribution in [0.1, 0.15) is 76.3 Å². The number of anilines is 1. The highest BCUT2D eigenvalue weighted by atomic mass is 16.2. The molecule has 144 valence electrons. The Balaban J connectivity index is 1.64. The molecule has 3 fully saturated rings. The molecule has 26 heavy (non-hydrogen) atoms. The van der Waals surface area contributed by atoms with Crippen LogP contribution in [0.25, 0.3) is 0 Å². The average molecular weight is 360 g/mol. The van der Waals surface area contributed by atoms with Gasteiger partial charge in [0.1, 0.15) is 0 Å². The zero-order valence-corrected chi connectivity index (χ0v) is 16.6. The SMILES string of the molecule is CCC1(C)CCN(c2nnc(C(=O)N3CCCC3)n2CC2(CC)CC2)C1. The molecule has 6 heteroatoms. The summed E-state index contributed by atoms with van der Waals surface area (Å²) in [4.78, 5) is 17.4. The van der Waals surface area contributed by atoms with Gasteiger partial charge in [0, 0.05) is 32.7 Å². The largest absolute Gasteiger partial charge is 0.340 e. The quantitative estimate of drug-likeness (QED) is 0.782. The molecule has 1 amide bonds. The van der Waals surface area contributed by atoms with Crippen LogP contribution in [0.3, 0.4) is 0 Å². The standard InChI is InChI=1S/C20H33N5O/c1-4-19(3)10-13-24(14-19)18-22-21-16(17(26)23-11-6-7-12-23)25(18)15-20(5-2)8-9-20/h4-15H2,1-3H3. The third kappa shape index (κ3) is 3.12. The van der Waals surface area contributed by atoms with Crippen LogP contribution in [0.5, 0.6) is 0 Å². The van der Waals surface area contributed by atoms with Crippen molar-refractivity contribution in [3.63, 3.8) is 0 Å². The van der Waals surface area contributed by atoms with E-state index in [9.17, 15) is 4.79 Å². The summed E-state index contributed by atoms with van der Waals surface area (Å²) in [6, 6.07) is 0. The number of likely N-dealkylation sites (tertiary alicyclic amines) is 1. The van der Waals surface area contributed by atoms with Crippen LogP contribution in [-0.4, -0.2) is 51.8 Å². The lowest BCUT2D eigenvalue weighted by Gasteiger charge is -2.25. The molecule has 1 atom stereocenters. The summed E-state index contributed by atoms with van der Waals surface area (Å²) in [5.74, 6) is 1.56. The molecule has 3 heterocycles. The highest BCUT2D eigenvalue weighted by molar-refractivity contribution is 5.91. The summed E-state index contributed by atoms with van der Waals surface area (Å²) >= 11 is 0. The van der Waals surface area contributed by atoms with Crippen LogP contribution in [-0.2, 0) is 6.54 Å². The van der Waals surface area contributed by atoms with E-state index in [-0.39, 0.29) is 5.91 Å². The Labute approximate surface area is 156 Å². The van der Waals surface area contributed by atoms with Crippen molar-refractivity contribution in [2.24, 2.45) is 10.8 Å². The molecule has 0 bridgehead atoms. The fourth-order valence-electron chi connectivity index (χ4n) is 4.51. The molecule has 2 aliphatic heterocycles. The molecule has 0 N–H and O–H groups in total. The summed E-state index contributed by atoms with van der Waals surface area (Å²) in [7, 11) is 0. The van der Waals surface area contributed by atoms with E-state index in [1.807, 2.05) is 4.90 Å². The molecule has 0 spiro atoms. The minimum atomic E-state index is 0.0746. The summed E-state index contributed by atoms with van der Waals surface area (Å²) in [5.41, 5.74) is 0.697. The summed E-state index contributed by atoms with van der Waals surface area (Å²) in [5, 5.41) is 8.93. The second kappa shape index (κ2) is 6.54. The Kier molecular flexibility index (Phi) is 4.48. The van der Waals surface area contributed by atoms with Crippen molar-refractivity contribution in [3.8, 4) is 0 Å². The van der Waals surface area contributed by atoms with Gasteiger partial charge in [-0.3, -0.25) is 9.36 Å². The van der Waals surface area contributed by atoms with Gasteiger partial charge in [-0.2, -0.15) is 0 Å². The summed E-state index contributed by atoms with van der Waals surface area (Å²) in [6.07, 6.45) is 8.24. The normalized spacial score (nSPS) is 27.3. The highest BCUT2D eigenvalue weighted by Gasteiger charge is 2.44. The van der Waals surface area contributed by atoms with Gasteiger partial charge < -0.3 is 9.80 Å². The van der Waals surface area contributed by atoms with E-state index in [4.69, 9.17) is 0 Å². The second-order valence-corrected chi connectivity index (χ2v) is 9.10. The smallest absolute Gasteiger partial charge is 0.291 e. The first kappa shape index (κ1) is 17.8. The average Bonchev–Trinajstić information content (AvgIpc) is 3.04. The summed E-state index contributed by atoms with van der Waals surface area (Å²) < 4.78 is 2.17. The molecule has 1 unspecified atom stereocenters. The van der Waals surface area contributed by atoms with Gasteiger partial charge in [0.15, 0.2) is 0 Å². The van der Waals surface area contributed by atoms with Crippen molar-refractivity contribution in [1.29, 1.82) is 0 Å². The van der Waals surface area contributed by atoms with E-state index in [0.29, 0.717) is 16.7 Å². The van der Waals surface area contributed by atoms with E-state index in [1.54, 1.807) is 0 Å². The van der Waals surface area contributed by atoms with Crippen molar-refractivity contribution in [2.75, 3.05) is 31.1 Å². The zero-order chi connectivity index (χ0) is 18.4. The lowest BCUT2D eigenvalue weighted by Crippen LogP contribution is -2.33. The first-order chi connectivity index (χ1) is 12.5. The summed E-state index contributed by atoms with van der Waals surface area (Å²) in [6.45, 7) is 11.5. The Morgan fingerprint density at radius 1 is 1.04 bits per heavy atom. The number of amides is 1. The van der Waals surface area contributed by atoms with Crippen molar-refractivity contribution in [3.05, 3.63) is 5.82 Å². The van der Waals surface area contributed by atoms with Gasteiger partial charge in [-0.25, -0.2) is 0 Å². The fraction of sp³-hybridized carbons (Fsp3) is 0.850. The molecule has 3 aliphatic rings. The number of nitrogens with zero attached hydrogens (tertiary/aromatic N) is 5. The molecule has 1 aliphatic carbocycles. The zero-order valence-electron chi connectivity index (χ0n) is 16.6. The van der Waals surface area contributed by atoms with E-state index < -0.39 is 0 Å². The fourth-order valence-corrected chi connectivity index (χ4v) is 4.51. The Morgan fingerprint density at radius 2 is 1.77 bits per heavy atom. The van der Waals surface area contributed by atoms with E-state index in [2.05, 4.69) is 40.4 Å². The number of hydrogen-bond donors (Lipinski definition) is 0. The van der Waals surface area contributed by atoms with Gasteiger partial charge in [0.2, 0.25) is 11.8 Å². The second-order valence-electron chi connectivity index (χ2n) is 9.10. The lowest BCUT2D eigenvalue weighted by atomic mass is 9.87. The third-order valence-electron chi connectivity index (χ3n) is 7.21. The van der Waals surface area contributed by atoms with Crippen LogP contribution >= 0.6 is 0 Å². The molecule has 1 saturated carbocycles. The molecule has 4 rings (SSSR count). The van der Waals surface area contributed by atoms with E-state index in [1.165, 1.54) is 25.7 Å². The number of rotatable bonds is 6. The number of hydrogen-bond acceptors (Lipinski definition) is 4. The van der Waals surface area contributed by atoms with Crippen molar-refractivity contribution >= 4 is 11.9 Å². The first-order valence-electron chi connectivity index (χ1n) is 10.5. The Bertz CT molecular complexity index is 674. The number of aromatic nitrogens is 3. The van der Waals surface area contributed by atoms with E-state index in [0.717, 1.165) is 57.9 Å². The van der Waals surface area contributed by atoms with Crippen LogP contribution in [0.4, 0.5) is 5.95 Å². The van der Waals surface area contributed by atoms with E-state index >= 15 is 0 Å². The minimum absolute atomic E-state index is 0.0746. The van der Waals surface area contributed by atoms with Crippen molar-refractivity contribution < 1.29 is 4.79 Å². The van der Waals surface area contributed by atoms with Gasteiger partial charge >= 0.3 is 0 Å². The van der Waals surface area contributed by atoms with Gasteiger partial charge in [-0.15, -0.1) is 10.2 Å². The third-order valence-corrected chi connectivity index (χ3v) is 7.21. The monoisotopic (exact) mass is 359 g/mol. The lowest BCUT2D eigenvalue weighted by molar-refractivity contribution is 0.0773. The van der Waals surface area contributed by atoms with Crippen LogP contribution in [0, 0.1) is 10.8 Å². The molecular formula is C20H33N5O. The van der Waals surface area contributed by atoms with Crippen LogP contribution in [0.15, 0.2) is 0 Å².